The Balaban J connectivity index is 0.00000192. The summed E-state index contributed by atoms with van der Waals surface area (Å²) >= 11 is 6.25. The molecule has 6 heteroatoms. The van der Waals surface area contributed by atoms with Crippen LogP contribution in [0, 0.1) is 11.7 Å². The largest absolute Gasteiger partial charge is 0.489 e. The van der Waals surface area contributed by atoms with Crippen LogP contribution >= 0.6 is 24.0 Å². The van der Waals surface area contributed by atoms with Crippen molar-refractivity contribution in [3.05, 3.63) is 28.5 Å². The van der Waals surface area contributed by atoms with E-state index in [9.17, 15) is 4.39 Å². The molecule has 0 aromatic heterocycles. The van der Waals surface area contributed by atoms with E-state index in [1.54, 1.807) is 6.07 Å². The average molecular weight is 363 g/mol. The highest BCUT2D eigenvalue weighted by Gasteiger charge is 2.31. The summed E-state index contributed by atoms with van der Waals surface area (Å²) in [5, 5.41) is 3.76. The van der Waals surface area contributed by atoms with Gasteiger partial charge in [-0.25, -0.2) is 4.39 Å². The molecule has 1 saturated carbocycles. The minimum atomic E-state index is -0.347. The number of ether oxygens (including phenoxy) is 1. The molecule has 0 spiro atoms. The Morgan fingerprint density at radius 3 is 2.61 bits per heavy atom. The second-order valence-corrected chi connectivity index (χ2v) is 6.63. The zero-order chi connectivity index (χ0) is 15.5. The smallest absolute Gasteiger partial charge is 0.173 e. The van der Waals surface area contributed by atoms with Crippen molar-refractivity contribution in [3.8, 4) is 5.75 Å². The van der Waals surface area contributed by atoms with Crippen molar-refractivity contribution in [2.24, 2.45) is 5.92 Å². The van der Waals surface area contributed by atoms with Crippen molar-refractivity contribution in [1.82, 2.24) is 10.2 Å². The van der Waals surface area contributed by atoms with Crippen molar-refractivity contribution < 1.29 is 9.13 Å². The van der Waals surface area contributed by atoms with Gasteiger partial charge in [-0.05, 0) is 37.0 Å². The van der Waals surface area contributed by atoms with Crippen LogP contribution in [0.1, 0.15) is 37.8 Å². The number of halogens is 3. The first-order chi connectivity index (χ1) is 10.7. The third-order valence-corrected chi connectivity index (χ3v) is 4.82. The molecular formula is C17H25Cl2FN2O. The average Bonchev–Trinajstić information content (AvgIpc) is 3.33. The topological polar surface area (TPSA) is 24.5 Å². The minimum absolute atomic E-state index is 0. The first-order valence-electron chi connectivity index (χ1n) is 8.25. The Morgan fingerprint density at radius 2 is 2.04 bits per heavy atom. The Hall–Kier alpha value is -0.550. The number of benzene rings is 1. The van der Waals surface area contributed by atoms with Crippen molar-refractivity contribution in [2.75, 3.05) is 32.8 Å². The Kier molecular flexibility index (Phi) is 6.96. The molecule has 23 heavy (non-hydrogen) atoms. The summed E-state index contributed by atoms with van der Waals surface area (Å²) in [6.45, 7) is 6.25. The molecule has 1 atom stereocenters. The van der Waals surface area contributed by atoms with Gasteiger partial charge in [-0.2, -0.15) is 0 Å². The second kappa shape index (κ2) is 8.52. The van der Waals surface area contributed by atoms with Gasteiger partial charge in [-0.15, -0.1) is 12.4 Å². The molecule has 1 saturated heterocycles. The fourth-order valence-electron chi connectivity index (χ4n) is 3.21. The van der Waals surface area contributed by atoms with Crippen LogP contribution in [0.15, 0.2) is 12.1 Å². The van der Waals surface area contributed by atoms with Crippen LogP contribution in [-0.2, 0) is 0 Å². The maximum absolute atomic E-state index is 14.3. The van der Waals surface area contributed by atoms with Crippen LogP contribution in [0.5, 0.6) is 5.75 Å². The zero-order valence-corrected chi connectivity index (χ0v) is 15.1. The number of hydrogen-bond acceptors (Lipinski definition) is 3. The second-order valence-electron chi connectivity index (χ2n) is 6.23. The summed E-state index contributed by atoms with van der Waals surface area (Å²) in [6.07, 6.45) is 3.70. The summed E-state index contributed by atoms with van der Waals surface area (Å²) in [6, 6.07) is 3.77. The van der Waals surface area contributed by atoms with Gasteiger partial charge in [0.25, 0.3) is 0 Å². The van der Waals surface area contributed by atoms with Crippen LogP contribution in [-0.4, -0.2) is 37.7 Å². The predicted octanol–water partition coefficient (Wildman–Crippen LogP) is 4.05. The molecule has 1 heterocycles. The highest BCUT2D eigenvalue weighted by atomic mass is 35.5. The highest BCUT2D eigenvalue weighted by molar-refractivity contribution is 6.32. The van der Waals surface area contributed by atoms with Gasteiger partial charge in [0.1, 0.15) is 0 Å². The van der Waals surface area contributed by atoms with Gasteiger partial charge in [0, 0.05) is 32.2 Å². The first kappa shape index (κ1) is 18.8. The van der Waals surface area contributed by atoms with Gasteiger partial charge in [0.05, 0.1) is 11.6 Å². The van der Waals surface area contributed by atoms with E-state index < -0.39 is 0 Å². The number of nitrogens with zero attached hydrogens (tertiary/aromatic N) is 1. The number of nitrogens with one attached hydrogen (secondary N) is 1. The Bertz CT molecular complexity index is 496. The van der Waals surface area contributed by atoms with Crippen molar-refractivity contribution in [2.45, 2.75) is 32.2 Å². The maximum Gasteiger partial charge on any atom is 0.173 e. The molecule has 2 fully saturated rings. The third kappa shape index (κ3) is 4.72. The standard InChI is InChI=1S/C17H24ClFN2O.ClH/c1-2-22-17-14(18)10-13(11-15(17)19)16(9-12-3-4-12)21-7-5-20-6-8-21;/h10-12,16,20H,2-9H2,1H3;1H/t16-;/m1./s1. The molecule has 0 amide bonds. The fourth-order valence-corrected chi connectivity index (χ4v) is 3.48. The molecule has 1 N–H and O–H groups in total. The molecule has 2 aliphatic rings. The van der Waals surface area contributed by atoms with E-state index in [-0.39, 0.29) is 30.0 Å². The van der Waals surface area contributed by atoms with Crippen LogP contribution < -0.4 is 10.1 Å². The molecular weight excluding hydrogens is 338 g/mol. The molecule has 1 aromatic carbocycles. The SMILES string of the molecule is CCOc1c(F)cc([C@@H](CC2CC2)N2CCNCC2)cc1Cl.Cl. The van der Waals surface area contributed by atoms with Crippen LogP contribution in [0.25, 0.3) is 0 Å². The summed E-state index contributed by atoms with van der Waals surface area (Å²) in [5.41, 5.74) is 0.986. The van der Waals surface area contributed by atoms with Crippen molar-refractivity contribution >= 4 is 24.0 Å². The van der Waals surface area contributed by atoms with E-state index >= 15 is 0 Å². The van der Waals surface area contributed by atoms with Gasteiger partial charge in [0.2, 0.25) is 0 Å². The lowest BCUT2D eigenvalue weighted by molar-refractivity contribution is 0.160. The molecule has 1 aliphatic carbocycles. The van der Waals surface area contributed by atoms with E-state index in [0.29, 0.717) is 11.6 Å². The van der Waals surface area contributed by atoms with E-state index in [1.807, 2.05) is 13.0 Å². The monoisotopic (exact) mass is 362 g/mol. The van der Waals surface area contributed by atoms with Crippen molar-refractivity contribution in [1.29, 1.82) is 0 Å². The van der Waals surface area contributed by atoms with Crippen LogP contribution in [0.4, 0.5) is 4.39 Å². The lowest BCUT2D eigenvalue weighted by Gasteiger charge is -2.35. The van der Waals surface area contributed by atoms with E-state index in [1.165, 1.54) is 12.8 Å². The minimum Gasteiger partial charge on any atom is -0.489 e. The molecule has 0 radical (unpaired) electrons. The predicted molar refractivity (Wildman–Crippen MR) is 94.4 cm³/mol. The lowest BCUT2D eigenvalue weighted by Crippen LogP contribution is -2.45. The number of rotatable bonds is 6. The molecule has 3 nitrogen and oxygen atoms in total. The Labute approximate surface area is 148 Å². The zero-order valence-electron chi connectivity index (χ0n) is 13.5. The van der Waals surface area contributed by atoms with E-state index in [4.69, 9.17) is 16.3 Å². The van der Waals surface area contributed by atoms with E-state index in [2.05, 4.69) is 10.2 Å². The molecule has 1 aliphatic heterocycles. The maximum atomic E-state index is 14.3. The summed E-state index contributed by atoms with van der Waals surface area (Å²) in [4.78, 5) is 2.46. The molecule has 0 unspecified atom stereocenters. The number of hydrogen-bond donors (Lipinski definition) is 1. The van der Waals surface area contributed by atoms with Gasteiger partial charge >= 0.3 is 0 Å². The van der Waals surface area contributed by atoms with Gasteiger partial charge < -0.3 is 10.1 Å². The molecule has 0 bridgehead atoms. The molecule has 3 rings (SSSR count). The summed E-state index contributed by atoms with van der Waals surface area (Å²) in [7, 11) is 0. The lowest BCUT2D eigenvalue weighted by atomic mass is 9.98. The normalized spacial score (nSPS) is 20.0. The summed E-state index contributed by atoms with van der Waals surface area (Å²) in [5.74, 6) is 0.618. The van der Waals surface area contributed by atoms with Gasteiger partial charge in [-0.1, -0.05) is 24.4 Å². The van der Waals surface area contributed by atoms with Gasteiger partial charge in [-0.3, -0.25) is 4.90 Å². The summed E-state index contributed by atoms with van der Waals surface area (Å²) < 4.78 is 19.6. The Morgan fingerprint density at radius 1 is 1.35 bits per heavy atom. The quantitative estimate of drug-likeness (QED) is 0.826. The van der Waals surface area contributed by atoms with Crippen LogP contribution in [0.2, 0.25) is 5.02 Å². The highest BCUT2D eigenvalue weighted by Crippen LogP contribution is 2.42. The van der Waals surface area contributed by atoms with E-state index in [0.717, 1.165) is 44.1 Å². The first-order valence-corrected chi connectivity index (χ1v) is 8.63. The molecule has 130 valence electrons. The number of piperazine rings is 1. The molecule has 1 aromatic rings. The fraction of sp³-hybridized carbons (Fsp3) is 0.647. The van der Waals surface area contributed by atoms with Crippen molar-refractivity contribution in [3.63, 3.8) is 0 Å². The van der Waals surface area contributed by atoms with Crippen LogP contribution in [0.3, 0.4) is 0 Å². The third-order valence-electron chi connectivity index (χ3n) is 4.54. The van der Waals surface area contributed by atoms with Gasteiger partial charge in [0.15, 0.2) is 11.6 Å².